The summed E-state index contributed by atoms with van der Waals surface area (Å²) < 4.78 is 11.1. The summed E-state index contributed by atoms with van der Waals surface area (Å²) in [6.45, 7) is 7.31. The number of piperidine rings is 1. The number of pyridine rings is 1. The van der Waals surface area contributed by atoms with Crippen molar-refractivity contribution in [2.45, 2.75) is 46.1 Å². The molecule has 0 radical (unpaired) electrons. The lowest BCUT2D eigenvalue weighted by Crippen LogP contribution is -2.46. The van der Waals surface area contributed by atoms with E-state index >= 15 is 0 Å². The molecule has 1 amide bonds. The fraction of sp³-hybridized carbons (Fsp3) is 0.393. The van der Waals surface area contributed by atoms with Crippen molar-refractivity contribution >= 4 is 22.8 Å². The molecule has 2 aromatic carbocycles. The van der Waals surface area contributed by atoms with Crippen molar-refractivity contribution < 1.29 is 19.1 Å². The number of carbonyl (C=O) groups is 2. The van der Waals surface area contributed by atoms with Crippen LogP contribution in [0.3, 0.4) is 0 Å². The number of aryl methyl sites for hydroxylation is 1. The average molecular weight is 461 g/mol. The Morgan fingerprint density at radius 3 is 2.76 bits per heavy atom. The highest BCUT2D eigenvalue weighted by atomic mass is 16.5. The minimum absolute atomic E-state index is 0.0599. The van der Waals surface area contributed by atoms with E-state index in [9.17, 15) is 9.59 Å². The molecule has 0 N–H and O–H groups in total. The summed E-state index contributed by atoms with van der Waals surface area (Å²) in [4.78, 5) is 31.3. The highest BCUT2D eigenvalue weighted by Gasteiger charge is 2.29. The van der Waals surface area contributed by atoms with Gasteiger partial charge in [0.25, 0.3) is 5.91 Å². The van der Waals surface area contributed by atoms with E-state index in [0.29, 0.717) is 31.9 Å². The van der Waals surface area contributed by atoms with E-state index in [1.165, 1.54) is 11.1 Å². The van der Waals surface area contributed by atoms with Gasteiger partial charge in [-0.15, -0.1) is 0 Å². The van der Waals surface area contributed by atoms with Crippen LogP contribution in [0.2, 0.25) is 0 Å². The lowest BCUT2D eigenvalue weighted by atomic mass is 9.94. The molecule has 0 spiro atoms. The zero-order chi connectivity index (χ0) is 24.1. The maximum absolute atomic E-state index is 13.1. The van der Waals surface area contributed by atoms with Gasteiger partial charge >= 0.3 is 5.97 Å². The lowest BCUT2D eigenvalue weighted by molar-refractivity contribution is -0.147. The maximum atomic E-state index is 13.1. The molecule has 1 aromatic heterocycles. The number of likely N-dealkylation sites (tertiary alicyclic amines) is 1. The minimum atomic E-state index is -0.627. The molecule has 2 heterocycles. The van der Waals surface area contributed by atoms with Crippen LogP contribution in [0.15, 0.2) is 54.7 Å². The van der Waals surface area contributed by atoms with Gasteiger partial charge < -0.3 is 14.4 Å². The molecule has 6 nitrogen and oxygen atoms in total. The summed E-state index contributed by atoms with van der Waals surface area (Å²) in [5.41, 5.74) is 4.33. The van der Waals surface area contributed by atoms with Crippen molar-refractivity contribution in [3.63, 3.8) is 0 Å². The number of hydrogen-bond donors (Lipinski definition) is 0. The Bertz CT molecular complexity index is 1180. The number of ether oxygens (including phenoxy) is 2. The molecule has 1 aliphatic rings. The number of aromatic nitrogens is 1. The Balaban J connectivity index is 1.45. The van der Waals surface area contributed by atoms with E-state index in [4.69, 9.17) is 9.47 Å². The predicted molar refractivity (Wildman–Crippen MR) is 133 cm³/mol. The molecule has 0 aliphatic carbocycles. The lowest BCUT2D eigenvalue weighted by Gasteiger charge is -2.34. The Morgan fingerprint density at radius 2 is 1.97 bits per heavy atom. The number of rotatable bonds is 7. The fourth-order valence-corrected chi connectivity index (χ4v) is 4.71. The predicted octanol–water partition coefficient (Wildman–Crippen LogP) is 5.17. The summed E-state index contributed by atoms with van der Waals surface area (Å²) in [6, 6.07) is 16.1. The Morgan fingerprint density at radius 1 is 1.15 bits per heavy atom. The summed E-state index contributed by atoms with van der Waals surface area (Å²) in [6.07, 6.45) is 3.34. The molecule has 3 aromatic rings. The Labute approximate surface area is 200 Å². The van der Waals surface area contributed by atoms with Gasteiger partial charge in [0.1, 0.15) is 5.75 Å². The quantitative estimate of drug-likeness (QED) is 0.455. The number of fused-ring (bicyclic) bond motifs is 1. The zero-order valence-electron chi connectivity index (χ0n) is 20.1. The van der Waals surface area contributed by atoms with Gasteiger partial charge in [-0.05, 0) is 74.4 Å². The van der Waals surface area contributed by atoms with Gasteiger partial charge in [-0.2, -0.15) is 0 Å². The van der Waals surface area contributed by atoms with Crippen LogP contribution in [0.25, 0.3) is 22.0 Å². The first kappa shape index (κ1) is 23.7. The summed E-state index contributed by atoms with van der Waals surface area (Å²) in [5.74, 6) is 0.492. The average Bonchev–Trinajstić information content (AvgIpc) is 2.83. The number of amides is 1. The van der Waals surface area contributed by atoms with Crippen molar-refractivity contribution in [1.29, 1.82) is 0 Å². The van der Waals surface area contributed by atoms with Gasteiger partial charge in [-0.1, -0.05) is 24.3 Å². The smallest absolute Gasteiger partial charge is 0.306 e. The van der Waals surface area contributed by atoms with E-state index in [-0.39, 0.29) is 17.8 Å². The first-order valence-electron chi connectivity index (χ1n) is 12.0. The number of carbonyl (C=O) groups excluding carboxylic acids is 2. The fourth-order valence-electron chi connectivity index (χ4n) is 4.71. The minimum Gasteiger partial charge on any atom is -0.481 e. The van der Waals surface area contributed by atoms with E-state index in [1.807, 2.05) is 41.3 Å². The molecular formula is C28H32N2O4. The maximum Gasteiger partial charge on any atom is 0.306 e. The Kier molecular flexibility index (Phi) is 7.46. The molecule has 1 fully saturated rings. The van der Waals surface area contributed by atoms with Crippen LogP contribution in [0.5, 0.6) is 5.75 Å². The van der Waals surface area contributed by atoms with E-state index in [0.717, 1.165) is 29.3 Å². The topological polar surface area (TPSA) is 68.7 Å². The third kappa shape index (κ3) is 5.38. The third-order valence-corrected chi connectivity index (χ3v) is 6.40. The molecule has 1 aliphatic heterocycles. The number of hydrogen-bond acceptors (Lipinski definition) is 5. The van der Waals surface area contributed by atoms with Gasteiger partial charge in [-0.3, -0.25) is 14.6 Å². The molecule has 2 atom stereocenters. The van der Waals surface area contributed by atoms with Crippen molar-refractivity contribution in [2.75, 3.05) is 19.7 Å². The van der Waals surface area contributed by atoms with Crippen molar-refractivity contribution in [1.82, 2.24) is 9.88 Å². The normalized spacial score (nSPS) is 16.8. The van der Waals surface area contributed by atoms with Crippen LogP contribution in [0.4, 0.5) is 0 Å². The van der Waals surface area contributed by atoms with Gasteiger partial charge in [0.05, 0.1) is 18.5 Å². The first-order valence-corrected chi connectivity index (χ1v) is 12.0. The number of esters is 1. The van der Waals surface area contributed by atoms with E-state index in [2.05, 4.69) is 24.0 Å². The van der Waals surface area contributed by atoms with Crippen LogP contribution in [0, 0.1) is 12.8 Å². The molecule has 0 saturated carbocycles. The second-order valence-electron chi connectivity index (χ2n) is 8.91. The highest BCUT2D eigenvalue weighted by Crippen LogP contribution is 2.32. The van der Waals surface area contributed by atoms with Crippen LogP contribution < -0.4 is 4.74 Å². The van der Waals surface area contributed by atoms with E-state index < -0.39 is 6.10 Å². The highest BCUT2D eigenvalue weighted by molar-refractivity contribution is 5.95. The van der Waals surface area contributed by atoms with Crippen molar-refractivity contribution in [3.05, 3.63) is 60.3 Å². The van der Waals surface area contributed by atoms with Crippen molar-refractivity contribution in [3.8, 4) is 16.9 Å². The molecule has 4 rings (SSSR count). The molecular weight excluding hydrogens is 428 g/mol. The Hall–Kier alpha value is -3.41. The van der Waals surface area contributed by atoms with Crippen LogP contribution in [-0.2, 0) is 14.3 Å². The summed E-state index contributed by atoms with van der Waals surface area (Å²) in [5, 5.41) is 1.04. The summed E-state index contributed by atoms with van der Waals surface area (Å²) >= 11 is 0. The van der Waals surface area contributed by atoms with Gasteiger partial charge in [0.15, 0.2) is 6.10 Å². The van der Waals surface area contributed by atoms with E-state index in [1.54, 1.807) is 20.0 Å². The van der Waals surface area contributed by atoms with Crippen LogP contribution >= 0.6 is 0 Å². The van der Waals surface area contributed by atoms with Gasteiger partial charge in [0, 0.05) is 30.7 Å². The molecule has 1 saturated heterocycles. The zero-order valence-corrected chi connectivity index (χ0v) is 20.1. The second kappa shape index (κ2) is 10.7. The van der Waals surface area contributed by atoms with Crippen LogP contribution in [0.1, 0.15) is 38.7 Å². The number of nitrogens with zero attached hydrogens (tertiary/aromatic N) is 2. The SMILES string of the molecule is CCOC(=O)C[C@H]1CCCN(C(=O)C(C)Oc2ccc3c(-c4ccccc4C)ccnc3c2)C1. The number of benzene rings is 2. The molecule has 0 bridgehead atoms. The monoisotopic (exact) mass is 460 g/mol. The van der Waals surface area contributed by atoms with Gasteiger partial charge in [-0.25, -0.2) is 0 Å². The van der Waals surface area contributed by atoms with Crippen molar-refractivity contribution in [2.24, 2.45) is 5.92 Å². The second-order valence-corrected chi connectivity index (χ2v) is 8.91. The first-order chi connectivity index (χ1) is 16.5. The van der Waals surface area contributed by atoms with Crippen LogP contribution in [-0.4, -0.2) is 47.6 Å². The molecule has 34 heavy (non-hydrogen) atoms. The molecule has 6 heteroatoms. The largest absolute Gasteiger partial charge is 0.481 e. The summed E-state index contributed by atoms with van der Waals surface area (Å²) in [7, 11) is 0. The molecule has 1 unspecified atom stereocenters. The van der Waals surface area contributed by atoms with Gasteiger partial charge in [0.2, 0.25) is 0 Å². The third-order valence-electron chi connectivity index (χ3n) is 6.40. The standard InChI is InChI=1S/C28H32N2O4/c1-4-33-27(31)16-21-9-7-15-30(18-21)28(32)20(3)34-22-11-12-25-24(13-14-29-26(25)17-22)23-10-6-5-8-19(23)2/h5-6,8,10-14,17,20-21H,4,7,9,15-16,18H2,1-3H3/t20?,21-/m1/s1. The molecule has 178 valence electrons.